The number of H-pyrrole nitrogens is 1. The van der Waals surface area contributed by atoms with Crippen molar-refractivity contribution in [2.45, 2.75) is 52.7 Å². The number of aromatic amines is 1. The predicted molar refractivity (Wildman–Crippen MR) is 112 cm³/mol. The fourth-order valence-electron chi connectivity index (χ4n) is 2.69. The fraction of sp³-hybridized carbons (Fsp3) is 0.545. The zero-order valence-corrected chi connectivity index (χ0v) is 18.2. The minimum Gasteiger partial charge on any atom is -0.492 e. The summed E-state index contributed by atoms with van der Waals surface area (Å²) in [6, 6.07) is 7.98. The molecule has 1 N–H and O–H groups in total. The van der Waals surface area contributed by atoms with Crippen molar-refractivity contribution in [3.05, 3.63) is 30.5 Å². The van der Waals surface area contributed by atoms with E-state index < -0.39 is 5.60 Å². The molecule has 160 valence electrons. The van der Waals surface area contributed by atoms with Gasteiger partial charge in [0.05, 0.1) is 6.61 Å². The zero-order chi connectivity index (χ0) is 21.7. The fourth-order valence-corrected chi connectivity index (χ4v) is 2.69. The first-order valence-corrected chi connectivity index (χ1v) is 9.77. The van der Waals surface area contributed by atoms with Gasteiger partial charge in [-0.25, -0.2) is 4.79 Å². The Bertz CT molecular complexity index is 810. The predicted octanol–water partition coefficient (Wildman–Crippen LogP) is 4.37. The van der Waals surface area contributed by atoms with Gasteiger partial charge in [0.1, 0.15) is 17.0 Å². The third-order valence-corrected chi connectivity index (χ3v) is 4.04. The van der Waals surface area contributed by atoms with Gasteiger partial charge in [-0.15, -0.1) is 0 Å². The summed E-state index contributed by atoms with van der Waals surface area (Å²) in [5.74, 6) is 1.25. The van der Waals surface area contributed by atoms with Gasteiger partial charge in [0.2, 0.25) is 0 Å². The lowest BCUT2D eigenvalue weighted by Gasteiger charge is -2.39. The maximum atomic E-state index is 11.9. The second-order valence-electron chi connectivity index (χ2n) is 9.08. The number of aromatic nitrogens is 1. The summed E-state index contributed by atoms with van der Waals surface area (Å²) < 4.78 is 15.8. The molecular weight excluding hydrogens is 372 g/mol. The molecule has 0 aliphatic carbocycles. The molecule has 1 aliphatic rings. The Balaban J connectivity index is 0.000000370. The van der Waals surface area contributed by atoms with E-state index in [1.807, 2.05) is 72.0 Å². The molecule has 0 atom stereocenters. The van der Waals surface area contributed by atoms with E-state index in [2.05, 4.69) is 9.72 Å². The van der Waals surface area contributed by atoms with E-state index in [1.54, 1.807) is 4.90 Å². The van der Waals surface area contributed by atoms with E-state index in [4.69, 9.17) is 9.47 Å². The van der Waals surface area contributed by atoms with Crippen LogP contribution < -0.4 is 4.74 Å². The third-order valence-electron chi connectivity index (χ3n) is 4.04. The van der Waals surface area contributed by atoms with Crippen molar-refractivity contribution in [1.29, 1.82) is 0 Å². The van der Waals surface area contributed by atoms with E-state index in [0.717, 1.165) is 16.7 Å². The summed E-state index contributed by atoms with van der Waals surface area (Å²) in [6.07, 6.45) is 1.67. The van der Waals surface area contributed by atoms with Gasteiger partial charge < -0.3 is 24.1 Å². The molecule has 1 fully saturated rings. The highest BCUT2D eigenvalue weighted by Crippen LogP contribution is 2.26. The Labute approximate surface area is 172 Å². The number of fused-ring (bicyclic) bond motifs is 1. The van der Waals surface area contributed by atoms with Gasteiger partial charge in [-0.2, -0.15) is 0 Å². The van der Waals surface area contributed by atoms with Crippen molar-refractivity contribution in [3.63, 3.8) is 0 Å². The number of hydrogen-bond donors (Lipinski definition) is 1. The van der Waals surface area contributed by atoms with Crippen molar-refractivity contribution >= 4 is 23.5 Å². The van der Waals surface area contributed by atoms with Crippen molar-refractivity contribution in [2.24, 2.45) is 5.92 Å². The van der Waals surface area contributed by atoms with Crippen LogP contribution in [0, 0.1) is 5.92 Å². The Morgan fingerprint density at radius 3 is 2.38 bits per heavy atom. The molecule has 1 aliphatic heterocycles. The molecule has 7 heteroatoms. The Hall–Kier alpha value is -2.70. The summed E-state index contributed by atoms with van der Waals surface area (Å²) in [4.78, 5) is 26.3. The number of rotatable bonds is 4. The number of ether oxygens (including phenoxy) is 3. The monoisotopic (exact) mass is 404 g/mol. The lowest BCUT2D eigenvalue weighted by Crippen LogP contribution is -2.53. The van der Waals surface area contributed by atoms with Gasteiger partial charge in [-0.3, -0.25) is 4.79 Å². The number of benzene rings is 1. The van der Waals surface area contributed by atoms with E-state index in [1.165, 1.54) is 0 Å². The van der Waals surface area contributed by atoms with Crippen LogP contribution in [0.25, 0.3) is 10.9 Å². The molecule has 0 unspecified atom stereocenters. The minimum atomic E-state index is -0.442. The molecule has 3 rings (SSSR count). The lowest BCUT2D eigenvalue weighted by molar-refractivity contribution is -0.138. The Morgan fingerprint density at radius 2 is 1.83 bits per heavy atom. The SMILES string of the molecule is CC(C)(C)OC(=O)N1CC(COc2cccc3[nH]ccc23)C1.CC(C)(C)OC=O. The molecule has 1 saturated heterocycles. The van der Waals surface area contributed by atoms with Gasteiger partial charge in [0, 0.05) is 36.1 Å². The van der Waals surface area contributed by atoms with Gasteiger partial charge in [-0.05, 0) is 59.7 Å². The molecule has 1 aromatic carbocycles. The standard InChI is InChI=1S/C17H22N2O3.C5H10O2/c1-17(2,3)22-16(20)19-9-12(10-19)11-21-15-6-4-5-14-13(15)7-8-18-14;1-5(2,3)7-4-6/h4-8,12,18H,9-11H2,1-3H3;4H,1-3H3. The zero-order valence-electron chi connectivity index (χ0n) is 18.2. The van der Waals surface area contributed by atoms with Crippen LogP contribution in [0.1, 0.15) is 41.5 Å². The molecule has 0 radical (unpaired) electrons. The highest BCUT2D eigenvalue weighted by Gasteiger charge is 2.34. The molecular formula is C22H32N2O5. The van der Waals surface area contributed by atoms with E-state index >= 15 is 0 Å². The normalized spacial score (nSPS) is 14.5. The number of carbonyl (C=O) groups excluding carboxylic acids is 2. The van der Waals surface area contributed by atoms with Crippen LogP contribution in [0.5, 0.6) is 5.75 Å². The molecule has 0 saturated carbocycles. The smallest absolute Gasteiger partial charge is 0.410 e. The van der Waals surface area contributed by atoms with E-state index in [0.29, 0.717) is 32.1 Å². The van der Waals surface area contributed by atoms with Crippen molar-refractivity contribution in [3.8, 4) is 5.75 Å². The molecule has 29 heavy (non-hydrogen) atoms. The molecule has 1 amide bonds. The van der Waals surface area contributed by atoms with Gasteiger partial charge >= 0.3 is 6.09 Å². The molecule has 1 aromatic heterocycles. The Morgan fingerprint density at radius 1 is 1.14 bits per heavy atom. The largest absolute Gasteiger partial charge is 0.492 e. The van der Waals surface area contributed by atoms with Gasteiger partial charge in [-0.1, -0.05) is 6.07 Å². The topological polar surface area (TPSA) is 80.9 Å². The second kappa shape index (κ2) is 9.20. The molecule has 2 heterocycles. The molecule has 7 nitrogen and oxygen atoms in total. The quantitative estimate of drug-likeness (QED) is 0.765. The summed E-state index contributed by atoms with van der Waals surface area (Å²) in [7, 11) is 0. The minimum absolute atomic E-state index is 0.239. The van der Waals surface area contributed by atoms with Crippen LogP contribution in [0.3, 0.4) is 0 Å². The van der Waals surface area contributed by atoms with Gasteiger partial charge in [0.15, 0.2) is 0 Å². The van der Waals surface area contributed by atoms with Gasteiger partial charge in [0.25, 0.3) is 6.47 Å². The lowest BCUT2D eigenvalue weighted by atomic mass is 10.0. The average Bonchev–Trinajstić information content (AvgIpc) is 3.00. The first-order valence-electron chi connectivity index (χ1n) is 9.77. The second-order valence-corrected chi connectivity index (χ2v) is 9.08. The summed E-state index contributed by atoms with van der Waals surface area (Å²) in [5.41, 5.74) is 0.311. The van der Waals surface area contributed by atoms with Crippen molar-refractivity contribution in [2.75, 3.05) is 19.7 Å². The van der Waals surface area contributed by atoms with Crippen molar-refractivity contribution < 1.29 is 23.8 Å². The molecule has 0 bridgehead atoms. The van der Waals surface area contributed by atoms with Crippen LogP contribution >= 0.6 is 0 Å². The number of carbonyl (C=O) groups is 2. The average molecular weight is 405 g/mol. The molecule has 2 aromatic rings. The maximum absolute atomic E-state index is 11.9. The highest BCUT2D eigenvalue weighted by atomic mass is 16.6. The summed E-state index contributed by atoms with van der Waals surface area (Å²) in [6.45, 7) is 13.6. The summed E-state index contributed by atoms with van der Waals surface area (Å²) in [5, 5.41) is 1.09. The number of nitrogens with zero attached hydrogens (tertiary/aromatic N) is 1. The van der Waals surface area contributed by atoms with E-state index in [-0.39, 0.29) is 11.7 Å². The first-order chi connectivity index (χ1) is 13.5. The van der Waals surface area contributed by atoms with E-state index in [9.17, 15) is 9.59 Å². The van der Waals surface area contributed by atoms with Crippen molar-refractivity contribution in [1.82, 2.24) is 9.88 Å². The molecule has 0 spiro atoms. The van der Waals surface area contributed by atoms with Crippen LogP contribution in [0.4, 0.5) is 4.79 Å². The van der Waals surface area contributed by atoms with Crippen LogP contribution in [-0.4, -0.2) is 53.3 Å². The Kier molecular flexibility index (Phi) is 7.16. The highest BCUT2D eigenvalue weighted by molar-refractivity contribution is 5.85. The maximum Gasteiger partial charge on any atom is 0.410 e. The van der Waals surface area contributed by atoms with Crippen LogP contribution in [0.2, 0.25) is 0 Å². The number of nitrogens with one attached hydrogen (secondary N) is 1. The number of hydrogen-bond acceptors (Lipinski definition) is 5. The number of likely N-dealkylation sites (tertiary alicyclic amines) is 1. The van der Waals surface area contributed by atoms with Crippen LogP contribution in [-0.2, 0) is 14.3 Å². The summed E-state index contributed by atoms with van der Waals surface area (Å²) >= 11 is 0. The van der Waals surface area contributed by atoms with Crippen LogP contribution in [0.15, 0.2) is 30.5 Å². The number of amides is 1. The first kappa shape index (κ1) is 22.6. The third kappa shape index (κ3) is 7.33.